The molecule has 3 rings (SSSR count). The number of halogens is 3. The van der Waals surface area contributed by atoms with E-state index in [1.165, 1.54) is 12.3 Å². The maximum absolute atomic E-state index is 13.8. The summed E-state index contributed by atoms with van der Waals surface area (Å²) in [7, 11) is 1.58. The molecule has 8 heteroatoms. The largest absolute Gasteiger partial charge is 0.496 e. The fraction of sp³-hybridized carbons (Fsp3) is 0.238. The van der Waals surface area contributed by atoms with Gasteiger partial charge < -0.3 is 14.5 Å². The first-order valence-electron chi connectivity index (χ1n) is 8.91. The summed E-state index contributed by atoms with van der Waals surface area (Å²) in [5, 5.41) is 2.90. The second-order valence-corrected chi connectivity index (χ2v) is 7.25. The van der Waals surface area contributed by atoms with Crippen LogP contribution in [0.5, 0.6) is 5.75 Å². The molecule has 1 N–H and O–H groups in total. The summed E-state index contributed by atoms with van der Waals surface area (Å²) in [4.78, 5) is 16.3. The highest BCUT2D eigenvalue weighted by Crippen LogP contribution is 2.28. The van der Waals surface area contributed by atoms with E-state index in [4.69, 9.17) is 9.15 Å². The molecule has 0 aliphatic rings. The molecule has 1 amide bonds. The van der Waals surface area contributed by atoms with Gasteiger partial charge in [-0.3, -0.25) is 4.79 Å². The Kier molecular flexibility index (Phi) is 6.64. The number of ether oxygens (including phenoxy) is 1. The van der Waals surface area contributed by atoms with E-state index in [1.54, 1.807) is 7.11 Å². The van der Waals surface area contributed by atoms with Gasteiger partial charge in [0.15, 0.2) is 11.7 Å². The number of aryl methyl sites for hydroxylation is 1. The van der Waals surface area contributed by atoms with Gasteiger partial charge in [0.25, 0.3) is 0 Å². The molecule has 0 bridgehead atoms. The number of nitrogens with one attached hydrogen (secondary N) is 1. The fourth-order valence-corrected chi connectivity index (χ4v) is 3.40. The molecule has 152 valence electrons. The lowest BCUT2D eigenvalue weighted by Crippen LogP contribution is -2.26. The van der Waals surface area contributed by atoms with Crippen LogP contribution in [0.3, 0.4) is 0 Å². The van der Waals surface area contributed by atoms with Gasteiger partial charge in [-0.15, -0.1) is 0 Å². The van der Waals surface area contributed by atoms with Gasteiger partial charge in [0, 0.05) is 12.8 Å². The molecule has 2 aromatic carbocycles. The molecule has 29 heavy (non-hydrogen) atoms. The van der Waals surface area contributed by atoms with Crippen LogP contribution in [0.25, 0.3) is 11.3 Å². The molecule has 1 unspecified atom stereocenters. The number of carbonyl (C=O) groups excluding carboxylic acids is 1. The van der Waals surface area contributed by atoms with Crippen molar-refractivity contribution in [1.29, 1.82) is 0 Å². The summed E-state index contributed by atoms with van der Waals surface area (Å²) < 4.78 is 39.1. The summed E-state index contributed by atoms with van der Waals surface area (Å²) in [6, 6.07) is 8.93. The first kappa shape index (κ1) is 21.0. The smallest absolute Gasteiger partial charge is 0.220 e. The Balaban J connectivity index is 1.59. The second kappa shape index (κ2) is 9.17. The Morgan fingerprint density at radius 3 is 2.66 bits per heavy atom. The van der Waals surface area contributed by atoms with Crippen molar-refractivity contribution in [1.82, 2.24) is 10.3 Å². The van der Waals surface area contributed by atoms with Crippen molar-refractivity contribution in [3.8, 4) is 17.1 Å². The van der Waals surface area contributed by atoms with Gasteiger partial charge >= 0.3 is 0 Å². The number of rotatable bonds is 7. The average Bonchev–Trinajstić information content (AvgIpc) is 3.14. The lowest BCUT2D eigenvalue weighted by molar-refractivity contribution is -0.121. The van der Waals surface area contributed by atoms with Gasteiger partial charge in [-0.05, 0) is 52.7 Å². The third-order valence-corrected chi connectivity index (χ3v) is 5.00. The zero-order chi connectivity index (χ0) is 21.0. The topological polar surface area (TPSA) is 64.4 Å². The summed E-state index contributed by atoms with van der Waals surface area (Å²) >= 11 is 3.42. The number of oxazole rings is 1. The molecule has 3 aromatic rings. The Labute approximate surface area is 175 Å². The summed E-state index contributed by atoms with van der Waals surface area (Å²) in [6.45, 7) is 1.87. The third kappa shape index (κ3) is 5.00. The highest BCUT2D eigenvalue weighted by atomic mass is 79.9. The predicted molar refractivity (Wildman–Crippen MR) is 107 cm³/mol. The van der Waals surface area contributed by atoms with Crippen LogP contribution >= 0.6 is 15.9 Å². The lowest BCUT2D eigenvalue weighted by atomic mass is 10.1. The van der Waals surface area contributed by atoms with Gasteiger partial charge in [-0.2, -0.15) is 0 Å². The molecular weight excluding hydrogens is 446 g/mol. The van der Waals surface area contributed by atoms with Gasteiger partial charge in [-0.25, -0.2) is 13.8 Å². The van der Waals surface area contributed by atoms with E-state index in [2.05, 4.69) is 26.2 Å². The van der Waals surface area contributed by atoms with E-state index in [9.17, 15) is 13.6 Å². The van der Waals surface area contributed by atoms with Crippen molar-refractivity contribution in [3.63, 3.8) is 0 Å². The molecule has 0 saturated carbocycles. The van der Waals surface area contributed by atoms with Crippen LogP contribution in [0.1, 0.15) is 30.8 Å². The van der Waals surface area contributed by atoms with E-state index in [0.717, 1.165) is 22.2 Å². The minimum atomic E-state index is -0.732. The normalized spacial score (nSPS) is 11.9. The van der Waals surface area contributed by atoms with Crippen LogP contribution < -0.4 is 10.1 Å². The molecule has 0 radical (unpaired) electrons. The standard InChI is InChI=1S/C21H19BrF2N2O3/c1-12(13-6-7-17(28-2)14(22)10-13)26-19(27)8-9-20-25-11-18(29-20)21-15(23)4-3-5-16(21)24/h3-7,10-12H,8-9H2,1-2H3,(H,26,27). The van der Waals surface area contributed by atoms with Crippen LogP contribution in [0.4, 0.5) is 8.78 Å². The lowest BCUT2D eigenvalue weighted by Gasteiger charge is -2.15. The monoisotopic (exact) mass is 464 g/mol. The second-order valence-electron chi connectivity index (χ2n) is 6.40. The summed E-state index contributed by atoms with van der Waals surface area (Å²) in [6.07, 6.45) is 1.59. The van der Waals surface area contributed by atoms with E-state index in [0.29, 0.717) is 5.75 Å². The Hall–Kier alpha value is -2.74. The molecule has 1 heterocycles. The zero-order valence-corrected chi connectivity index (χ0v) is 17.4. The number of hydrogen-bond acceptors (Lipinski definition) is 4. The summed E-state index contributed by atoms with van der Waals surface area (Å²) in [5.41, 5.74) is 0.647. The predicted octanol–water partition coefficient (Wildman–Crippen LogP) is 5.20. The Morgan fingerprint density at radius 2 is 2.00 bits per heavy atom. The number of nitrogens with zero attached hydrogens (tertiary/aromatic N) is 1. The zero-order valence-electron chi connectivity index (χ0n) is 15.8. The summed E-state index contributed by atoms with van der Waals surface area (Å²) in [5.74, 6) is -0.723. The molecule has 0 aliphatic heterocycles. The van der Waals surface area contributed by atoms with Crippen molar-refractivity contribution >= 4 is 21.8 Å². The van der Waals surface area contributed by atoms with Gasteiger partial charge in [0.05, 0.1) is 29.4 Å². The molecule has 0 aliphatic carbocycles. The van der Waals surface area contributed by atoms with Crippen molar-refractivity contribution in [3.05, 3.63) is 70.2 Å². The van der Waals surface area contributed by atoms with Gasteiger partial charge in [0.1, 0.15) is 17.4 Å². The van der Waals surface area contributed by atoms with Crippen molar-refractivity contribution < 1.29 is 22.7 Å². The van der Waals surface area contributed by atoms with Crippen LogP contribution in [-0.2, 0) is 11.2 Å². The highest BCUT2D eigenvalue weighted by Gasteiger charge is 2.17. The van der Waals surface area contributed by atoms with E-state index < -0.39 is 11.6 Å². The molecule has 0 saturated heterocycles. The molecule has 5 nitrogen and oxygen atoms in total. The Morgan fingerprint density at radius 1 is 1.28 bits per heavy atom. The van der Waals surface area contributed by atoms with Crippen molar-refractivity contribution in [2.24, 2.45) is 0 Å². The Bertz CT molecular complexity index is 1000. The maximum Gasteiger partial charge on any atom is 0.220 e. The number of aromatic nitrogens is 1. The first-order chi connectivity index (χ1) is 13.9. The van der Waals surface area contributed by atoms with Crippen LogP contribution in [0, 0.1) is 11.6 Å². The van der Waals surface area contributed by atoms with E-state index in [1.807, 2.05) is 25.1 Å². The van der Waals surface area contributed by atoms with E-state index in [-0.39, 0.29) is 42.0 Å². The third-order valence-electron chi connectivity index (χ3n) is 4.38. The number of amides is 1. The van der Waals surface area contributed by atoms with Crippen LogP contribution in [0.15, 0.2) is 51.5 Å². The molecule has 0 fully saturated rings. The SMILES string of the molecule is COc1ccc(C(C)NC(=O)CCc2ncc(-c3c(F)cccc3F)o2)cc1Br. The van der Waals surface area contributed by atoms with Gasteiger partial charge in [-0.1, -0.05) is 12.1 Å². The number of methoxy groups -OCH3 is 1. The highest BCUT2D eigenvalue weighted by molar-refractivity contribution is 9.10. The minimum absolute atomic E-state index is 0.00698. The number of carbonyl (C=O) groups is 1. The van der Waals surface area contributed by atoms with Crippen molar-refractivity contribution in [2.45, 2.75) is 25.8 Å². The molecule has 1 aromatic heterocycles. The van der Waals surface area contributed by atoms with Gasteiger partial charge in [0.2, 0.25) is 5.91 Å². The fourth-order valence-electron chi connectivity index (χ4n) is 2.84. The quantitative estimate of drug-likeness (QED) is 0.521. The first-order valence-corrected chi connectivity index (χ1v) is 9.70. The van der Waals surface area contributed by atoms with E-state index >= 15 is 0 Å². The average molecular weight is 465 g/mol. The molecule has 1 atom stereocenters. The maximum atomic E-state index is 13.8. The number of benzene rings is 2. The minimum Gasteiger partial charge on any atom is -0.496 e. The van der Waals surface area contributed by atoms with Crippen LogP contribution in [0.2, 0.25) is 0 Å². The molecule has 0 spiro atoms. The number of hydrogen-bond donors (Lipinski definition) is 1. The van der Waals surface area contributed by atoms with Crippen LogP contribution in [-0.4, -0.2) is 18.0 Å². The van der Waals surface area contributed by atoms with Crippen molar-refractivity contribution in [2.75, 3.05) is 7.11 Å². The molecular formula is C21H19BrF2N2O3.